The zero-order valence-electron chi connectivity index (χ0n) is 11.5. The minimum absolute atomic E-state index is 0.133. The van der Waals surface area contributed by atoms with Crippen molar-refractivity contribution < 1.29 is 4.79 Å². The van der Waals surface area contributed by atoms with Crippen LogP contribution in [0.1, 0.15) is 18.9 Å². The van der Waals surface area contributed by atoms with E-state index in [9.17, 15) is 4.79 Å². The van der Waals surface area contributed by atoms with Gasteiger partial charge in [0.15, 0.2) is 0 Å². The highest BCUT2D eigenvalue weighted by Gasteiger charge is 2.13. The molecule has 0 aliphatic heterocycles. The second-order valence-corrected chi connectivity index (χ2v) is 4.42. The Hall–Kier alpha value is -1.61. The van der Waals surface area contributed by atoms with Crippen LogP contribution in [-0.4, -0.2) is 31.4 Å². The lowest BCUT2D eigenvalue weighted by atomic mass is 10.1. The fourth-order valence-electron chi connectivity index (χ4n) is 1.92. The first kappa shape index (κ1) is 14.5. The Morgan fingerprint density at radius 2 is 2.00 bits per heavy atom. The van der Waals surface area contributed by atoms with Crippen LogP contribution in [0.5, 0.6) is 0 Å². The largest absolute Gasteiger partial charge is 0.315 e. The Morgan fingerprint density at radius 3 is 2.61 bits per heavy atom. The van der Waals surface area contributed by atoms with E-state index in [2.05, 4.69) is 17.5 Å². The van der Waals surface area contributed by atoms with Gasteiger partial charge in [0.1, 0.15) is 0 Å². The molecule has 3 heteroatoms. The summed E-state index contributed by atoms with van der Waals surface area (Å²) in [5.41, 5.74) is 2.14. The SMILES string of the molecule is C=CCN(C)Cc1ccccc1N(C)C(=O)CC. The number of hydrogen-bond acceptors (Lipinski definition) is 2. The Morgan fingerprint density at radius 1 is 1.33 bits per heavy atom. The van der Waals surface area contributed by atoms with E-state index < -0.39 is 0 Å². The van der Waals surface area contributed by atoms with Gasteiger partial charge in [0, 0.05) is 32.2 Å². The maximum atomic E-state index is 11.8. The number of benzene rings is 1. The maximum Gasteiger partial charge on any atom is 0.226 e. The molecule has 0 N–H and O–H groups in total. The summed E-state index contributed by atoms with van der Waals surface area (Å²) in [6.07, 6.45) is 2.40. The highest BCUT2D eigenvalue weighted by atomic mass is 16.2. The maximum absolute atomic E-state index is 11.8. The molecule has 0 aliphatic carbocycles. The predicted molar refractivity (Wildman–Crippen MR) is 76.7 cm³/mol. The lowest BCUT2D eigenvalue weighted by molar-refractivity contribution is -0.118. The number of carbonyl (C=O) groups is 1. The number of carbonyl (C=O) groups excluding carboxylic acids is 1. The molecule has 0 spiro atoms. The van der Waals surface area contributed by atoms with Crippen molar-refractivity contribution in [3.8, 4) is 0 Å². The van der Waals surface area contributed by atoms with Gasteiger partial charge >= 0.3 is 0 Å². The van der Waals surface area contributed by atoms with Crippen LogP contribution in [0.25, 0.3) is 0 Å². The number of para-hydroxylation sites is 1. The summed E-state index contributed by atoms with van der Waals surface area (Å²) in [4.78, 5) is 15.7. The molecule has 0 aliphatic rings. The topological polar surface area (TPSA) is 23.6 Å². The summed E-state index contributed by atoms with van der Waals surface area (Å²) in [5.74, 6) is 0.133. The van der Waals surface area contributed by atoms with Crippen LogP contribution in [0.3, 0.4) is 0 Å². The van der Waals surface area contributed by atoms with E-state index in [0.717, 1.165) is 24.3 Å². The molecule has 1 aromatic rings. The van der Waals surface area contributed by atoms with E-state index in [1.54, 1.807) is 4.90 Å². The van der Waals surface area contributed by atoms with Gasteiger partial charge in [-0.25, -0.2) is 0 Å². The fraction of sp³-hybridized carbons (Fsp3) is 0.400. The number of likely N-dealkylation sites (N-methyl/N-ethyl adjacent to an activating group) is 1. The molecular formula is C15H22N2O. The molecule has 1 aromatic carbocycles. The average Bonchev–Trinajstić information content (AvgIpc) is 2.38. The third-order valence-electron chi connectivity index (χ3n) is 2.91. The number of rotatable bonds is 6. The van der Waals surface area contributed by atoms with Gasteiger partial charge in [-0.15, -0.1) is 6.58 Å². The molecule has 0 fully saturated rings. The summed E-state index contributed by atoms with van der Waals surface area (Å²) in [5, 5.41) is 0. The highest BCUT2D eigenvalue weighted by Crippen LogP contribution is 2.21. The van der Waals surface area contributed by atoms with Crippen LogP contribution in [0.15, 0.2) is 36.9 Å². The lowest BCUT2D eigenvalue weighted by Gasteiger charge is -2.23. The molecule has 0 atom stereocenters. The summed E-state index contributed by atoms with van der Waals surface area (Å²) in [6.45, 7) is 7.26. The quantitative estimate of drug-likeness (QED) is 0.720. The second kappa shape index (κ2) is 6.97. The van der Waals surface area contributed by atoms with Crippen LogP contribution in [0.4, 0.5) is 5.69 Å². The fourth-order valence-corrected chi connectivity index (χ4v) is 1.92. The van der Waals surface area contributed by atoms with E-state index in [1.165, 1.54) is 0 Å². The van der Waals surface area contributed by atoms with Crippen LogP contribution in [0, 0.1) is 0 Å². The van der Waals surface area contributed by atoms with Crippen LogP contribution >= 0.6 is 0 Å². The molecule has 0 unspecified atom stereocenters. The van der Waals surface area contributed by atoms with Gasteiger partial charge < -0.3 is 4.90 Å². The number of anilines is 1. The molecule has 98 valence electrons. The van der Waals surface area contributed by atoms with Crippen molar-refractivity contribution in [3.05, 3.63) is 42.5 Å². The van der Waals surface area contributed by atoms with Gasteiger partial charge in [0.05, 0.1) is 0 Å². The van der Waals surface area contributed by atoms with Crippen molar-refractivity contribution in [2.24, 2.45) is 0 Å². The van der Waals surface area contributed by atoms with E-state index in [-0.39, 0.29) is 5.91 Å². The zero-order chi connectivity index (χ0) is 13.5. The zero-order valence-corrected chi connectivity index (χ0v) is 11.5. The molecular weight excluding hydrogens is 224 g/mol. The molecule has 0 aromatic heterocycles. The van der Waals surface area contributed by atoms with Crippen molar-refractivity contribution in [1.29, 1.82) is 0 Å². The monoisotopic (exact) mass is 246 g/mol. The predicted octanol–water partition coefficient (Wildman–Crippen LogP) is 2.68. The van der Waals surface area contributed by atoms with Gasteiger partial charge in [-0.1, -0.05) is 31.2 Å². The lowest BCUT2D eigenvalue weighted by Crippen LogP contribution is -2.27. The highest BCUT2D eigenvalue weighted by molar-refractivity contribution is 5.93. The van der Waals surface area contributed by atoms with Crippen LogP contribution < -0.4 is 4.90 Å². The van der Waals surface area contributed by atoms with Crippen LogP contribution in [-0.2, 0) is 11.3 Å². The first-order valence-electron chi connectivity index (χ1n) is 6.24. The van der Waals surface area contributed by atoms with Crippen molar-refractivity contribution in [1.82, 2.24) is 4.90 Å². The molecule has 0 bridgehead atoms. The standard InChI is InChI=1S/C15H22N2O/c1-5-11-16(3)12-13-9-7-8-10-14(13)17(4)15(18)6-2/h5,7-10H,1,6,11-12H2,2-4H3. The first-order valence-corrected chi connectivity index (χ1v) is 6.24. The molecule has 3 nitrogen and oxygen atoms in total. The summed E-state index contributed by atoms with van der Waals surface area (Å²) in [6, 6.07) is 8.02. The minimum atomic E-state index is 0.133. The average molecular weight is 246 g/mol. The number of nitrogens with zero attached hydrogens (tertiary/aromatic N) is 2. The van der Waals surface area contributed by atoms with Crippen LogP contribution in [0.2, 0.25) is 0 Å². The van der Waals surface area contributed by atoms with Crippen molar-refractivity contribution >= 4 is 11.6 Å². The Kier molecular flexibility index (Phi) is 5.59. The van der Waals surface area contributed by atoms with E-state index in [0.29, 0.717) is 6.42 Å². The van der Waals surface area contributed by atoms with Gasteiger partial charge in [-0.05, 0) is 18.7 Å². The van der Waals surface area contributed by atoms with Crippen molar-refractivity contribution in [2.75, 3.05) is 25.5 Å². The molecule has 0 radical (unpaired) electrons. The van der Waals surface area contributed by atoms with E-state index in [1.807, 2.05) is 45.3 Å². The van der Waals surface area contributed by atoms with Gasteiger partial charge in [-0.3, -0.25) is 9.69 Å². The van der Waals surface area contributed by atoms with E-state index >= 15 is 0 Å². The Balaban J connectivity index is 2.91. The first-order chi connectivity index (χ1) is 8.60. The minimum Gasteiger partial charge on any atom is -0.315 e. The molecule has 0 heterocycles. The smallest absolute Gasteiger partial charge is 0.226 e. The van der Waals surface area contributed by atoms with E-state index in [4.69, 9.17) is 0 Å². The molecule has 1 rings (SSSR count). The normalized spacial score (nSPS) is 10.4. The van der Waals surface area contributed by atoms with Gasteiger partial charge in [0.2, 0.25) is 5.91 Å². The van der Waals surface area contributed by atoms with Gasteiger partial charge in [0.25, 0.3) is 0 Å². The molecule has 0 saturated heterocycles. The van der Waals surface area contributed by atoms with Crippen molar-refractivity contribution in [3.63, 3.8) is 0 Å². The summed E-state index contributed by atoms with van der Waals surface area (Å²) in [7, 11) is 3.87. The van der Waals surface area contributed by atoms with Gasteiger partial charge in [-0.2, -0.15) is 0 Å². The summed E-state index contributed by atoms with van der Waals surface area (Å²) >= 11 is 0. The Bertz CT molecular complexity index is 415. The molecule has 18 heavy (non-hydrogen) atoms. The second-order valence-electron chi connectivity index (χ2n) is 4.42. The third-order valence-corrected chi connectivity index (χ3v) is 2.91. The molecule has 1 amide bonds. The molecule has 0 saturated carbocycles. The third kappa shape index (κ3) is 3.70. The number of amides is 1. The summed E-state index contributed by atoms with van der Waals surface area (Å²) < 4.78 is 0. The Labute approximate surface area is 110 Å². The number of hydrogen-bond donors (Lipinski definition) is 0. The van der Waals surface area contributed by atoms with Crippen molar-refractivity contribution in [2.45, 2.75) is 19.9 Å².